The van der Waals surface area contributed by atoms with Crippen LogP contribution in [0.3, 0.4) is 0 Å². The molecule has 0 heterocycles. The van der Waals surface area contributed by atoms with E-state index in [1.54, 1.807) is 6.07 Å². The van der Waals surface area contributed by atoms with Gasteiger partial charge in [-0.15, -0.1) is 0 Å². The summed E-state index contributed by atoms with van der Waals surface area (Å²) in [6, 6.07) is 7.02. The maximum atomic E-state index is 9.31. The maximum Gasteiger partial charge on any atom is 0.133 e. The number of rotatable bonds is 1. The van der Waals surface area contributed by atoms with Crippen LogP contribution in [0.25, 0.3) is 0 Å². The van der Waals surface area contributed by atoms with Crippen molar-refractivity contribution in [1.29, 1.82) is 10.5 Å². The van der Waals surface area contributed by atoms with Crippen molar-refractivity contribution in [2.45, 2.75) is 13.3 Å². The molecule has 1 rings (SSSR count). The predicted octanol–water partition coefficient (Wildman–Crippen LogP) is 1.64. The normalized spacial score (nSPS) is 8.85. The van der Waals surface area contributed by atoms with E-state index in [1.165, 1.54) is 6.07 Å². The van der Waals surface area contributed by atoms with Gasteiger partial charge in [0.2, 0.25) is 0 Å². The van der Waals surface area contributed by atoms with Crippen LogP contribution in [0.2, 0.25) is 0 Å². The van der Waals surface area contributed by atoms with Crippen molar-refractivity contribution in [1.82, 2.24) is 0 Å². The molecule has 1 aromatic rings. The van der Waals surface area contributed by atoms with E-state index in [4.69, 9.17) is 10.5 Å². The molecule has 3 nitrogen and oxygen atoms in total. The lowest BCUT2D eigenvalue weighted by Gasteiger charge is -2.04. The van der Waals surface area contributed by atoms with Gasteiger partial charge in [0.05, 0.1) is 18.1 Å². The van der Waals surface area contributed by atoms with Gasteiger partial charge in [-0.25, -0.2) is 0 Å². The Hall–Kier alpha value is -2.00. The van der Waals surface area contributed by atoms with E-state index in [0.29, 0.717) is 5.56 Å². The van der Waals surface area contributed by atoms with Crippen LogP contribution in [0.5, 0.6) is 5.75 Å². The third kappa shape index (κ3) is 1.60. The van der Waals surface area contributed by atoms with Gasteiger partial charge < -0.3 is 5.11 Å². The summed E-state index contributed by atoms with van der Waals surface area (Å²) in [6.45, 7) is 1.81. The molecule has 0 unspecified atom stereocenters. The van der Waals surface area contributed by atoms with Crippen LogP contribution in [0.4, 0.5) is 0 Å². The summed E-state index contributed by atoms with van der Waals surface area (Å²) in [5.74, 6) is -0.0571. The van der Waals surface area contributed by atoms with Gasteiger partial charge in [-0.05, 0) is 24.1 Å². The molecule has 0 spiro atoms. The van der Waals surface area contributed by atoms with Crippen molar-refractivity contribution in [2.75, 3.05) is 0 Å². The van der Waals surface area contributed by atoms with Crippen LogP contribution in [-0.4, -0.2) is 5.11 Å². The molecule has 0 amide bonds. The van der Waals surface area contributed by atoms with Crippen molar-refractivity contribution in [3.63, 3.8) is 0 Å². The van der Waals surface area contributed by atoms with Gasteiger partial charge in [0, 0.05) is 0 Å². The summed E-state index contributed by atoms with van der Waals surface area (Å²) in [6.07, 6.45) is 0.156. The standard InChI is InChI=1S/C10H8N2O/c1-7-2-3-10(13)9(6-12)8(7)4-5-11/h2-3,13H,4H2,1H3. The molecule has 0 aliphatic heterocycles. The fourth-order valence-electron chi connectivity index (χ4n) is 1.17. The molecule has 13 heavy (non-hydrogen) atoms. The van der Waals surface area contributed by atoms with Crippen LogP contribution in [0, 0.1) is 29.6 Å². The summed E-state index contributed by atoms with van der Waals surface area (Å²) in [5, 5.41) is 26.6. The number of phenols is 1. The van der Waals surface area contributed by atoms with Gasteiger partial charge in [-0.2, -0.15) is 10.5 Å². The van der Waals surface area contributed by atoms with E-state index < -0.39 is 0 Å². The quantitative estimate of drug-likeness (QED) is 0.700. The number of nitrogens with zero attached hydrogens (tertiary/aromatic N) is 2. The van der Waals surface area contributed by atoms with Gasteiger partial charge in [-0.3, -0.25) is 0 Å². The monoisotopic (exact) mass is 172 g/mol. The smallest absolute Gasteiger partial charge is 0.133 e. The van der Waals surface area contributed by atoms with Crippen molar-refractivity contribution in [2.24, 2.45) is 0 Å². The molecule has 0 aliphatic carbocycles. The largest absolute Gasteiger partial charge is 0.507 e. The minimum absolute atomic E-state index is 0.0571. The fraction of sp³-hybridized carbons (Fsp3) is 0.200. The van der Waals surface area contributed by atoms with E-state index in [9.17, 15) is 5.11 Å². The predicted molar refractivity (Wildman–Crippen MR) is 46.9 cm³/mol. The summed E-state index contributed by atoms with van der Waals surface area (Å²) in [5.41, 5.74) is 1.68. The molecule has 0 aromatic heterocycles. The zero-order valence-corrected chi connectivity index (χ0v) is 7.20. The average Bonchev–Trinajstić information content (AvgIpc) is 2.12. The molecule has 0 atom stereocenters. The van der Waals surface area contributed by atoms with Crippen molar-refractivity contribution >= 4 is 0 Å². The zero-order valence-electron chi connectivity index (χ0n) is 7.20. The molecule has 0 saturated heterocycles. The minimum atomic E-state index is -0.0571. The summed E-state index contributed by atoms with van der Waals surface area (Å²) < 4.78 is 0. The lowest BCUT2D eigenvalue weighted by atomic mass is 9.99. The van der Waals surface area contributed by atoms with Crippen molar-refractivity contribution in [3.05, 3.63) is 28.8 Å². The van der Waals surface area contributed by atoms with Gasteiger partial charge in [0.15, 0.2) is 0 Å². The Morgan fingerprint density at radius 3 is 2.62 bits per heavy atom. The van der Waals surface area contributed by atoms with Crippen LogP contribution in [0.15, 0.2) is 12.1 Å². The van der Waals surface area contributed by atoms with Crippen LogP contribution < -0.4 is 0 Å². The molecule has 1 N–H and O–H groups in total. The Labute approximate surface area is 76.5 Å². The molecule has 0 fully saturated rings. The van der Waals surface area contributed by atoms with Gasteiger partial charge in [0.1, 0.15) is 11.8 Å². The van der Waals surface area contributed by atoms with E-state index >= 15 is 0 Å². The highest BCUT2D eigenvalue weighted by Gasteiger charge is 2.09. The molecular weight excluding hydrogens is 164 g/mol. The van der Waals surface area contributed by atoms with Crippen LogP contribution in [-0.2, 0) is 6.42 Å². The number of nitriles is 2. The number of benzene rings is 1. The molecule has 64 valence electrons. The van der Waals surface area contributed by atoms with E-state index in [-0.39, 0.29) is 17.7 Å². The zero-order chi connectivity index (χ0) is 9.84. The lowest BCUT2D eigenvalue weighted by molar-refractivity contribution is 0.472. The number of hydrogen-bond acceptors (Lipinski definition) is 3. The molecule has 1 aromatic carbocycles. The highest BCUT2D eigenvalue weighted by atomic mass is 16.3. The first-order valence-electron chi connectivity index (χ1n) is 3.79. The Morgan fingerprint density at radius 1 is 1.38 bits per heavy atom. The van der Waals surface area contributed by atoms with Crippen LogP contribution in [0.1, 0.15) is 16.7 Å². The Morgan fingerprint density at radius 2 is 2.08 bits per heavy atom. The molecule has 0 radical (unpaired) electrons. The Balaban J connectivity index is 3.39. The molecule has 0 bridgehead atoms. The highest BCUT2D eigenvalue weighted by Crippen LogP contribution is 2.23. The first-order chi connectivity index (χ1) is 6.20. The number of aromatic hydroxyl groups is 1. The fourth-order valence-corrected chi connectivity index (χ4v) is 1.17. The van der Waals surface area contributed by atoms with Crippen molar-refractivity contribution < 1.29 is 5.11 Å². The van der Waals surface area contributed by atoms with Gasteiger partial charge >= 0.3 is 0 Å². The summed E-state index contributed by atoms with van der Waals surface area (Å²) >= 11 is 0. The Bertz CT molecular complexity index is 410. The third-order valence-corrected chi connectivity index (χ3v) is 1.89. The highest BCUT2D eigenvalue weighted by molar-refractivity contribution is 5.52. The average molecular weight is 172 g/mol. The second-order valence-corrected chi connectivity index (χ2v) is 2.70. The van der Waals surface area contributed by atoms with Crippen LogP contribution >= 0.6 is 0 Å². The lowest BCUT2D eigenvalue weighted by Crippen LogP contribution is -1.93. The first kappa shape index (κ1) is 9.09. The summed E-state index contributed by atoms with van der Waals surface area (Å²) in [4.78, 5) is 0. The summed E-state index contributed by atoms with van der Waals surface area (Å²) in [7, 11) is 0. The first-order valence-corrected chi connectivity index (χ1v) is 3.79. The van der Waals surface area contributed by atoms with E-state index in [2.05, 4.69) is 0 Å². The number of aryl methyl sites for hydroxylation is 1. The number of phenolic OH excluding ortho intramolecular Hbond substituents is 1. The topological polar surface area (TPSA) is 67.8 Å². The molecule has 0 saturated carbocycles. The molecule has 0 aliphatic rings. The second kappa shape index (κ2) is 3.60. The molecular formula is C10H8N2O. The van der Waals surface area contributed by atoms with E-state index in [1.807, 2.05) is 19.1 Å². The van der Waals surface area contributed by atoms with Gasteiger partial charge in [0.25, 0.3) is 0 Å². The molecule has 3 heteroatoms. The van der Waals surface area contributed by atoms with Crippen molar-refractivity contribution in [3.8, 4) is 17.9 Å². The second-order valence-electron chi connectivity index (χ2n) is 2.70. The SMILES string of the molecule is Cc1ccc(O)c(C#N)c1CC#N. The van der Waals surface area contributed by atoms with E-state index in [0.717, 1.165) is 5.56 Å². The maximum absolute atomic E-state index is 9.31. The number of hydrogen-bond donors (Lipinski definition) is 1. The minimum Gasteiger partial charge on any atom is -0.507 e. The Kier molecular flexibility index (Phi) is 2.52. The third-order valence-electron chi connectivity index (χ3n) is 1.89. The van der Waals surface area contributed by atoms with Gasteiger partial charge in [-0.1, -0.05) is 6.07 Å².